The summed E-state index contributed by atoms with van der Waals surface area (Å²) in [6.45, 7) is 7.14. The van der Waals surface area contributed by atoms with Crippen molar-refractivity contribution in [2.45, 2.75) is 69.8 Å². The Morgan fingerprint density at radius 1 is 1.14 bits per heavy atom. The molecule has 4 aliphatic rings. The number of nitrogens with two attached hydrogens (primary N) is 1. The van der Waals surface area contributed by atoms with Crippen LogP contribution < -0.4 is 20.7 Å². The molecule has 2 bridgehead atoms. The van der Waals surface area contributed by atoms with Crippen molar-refractivity contribution in [2.75, 3.05) is 43.4 Å². The molecular formula is C30H34ClF4N7O. The van der Waals surface area contributed by atoms with Gasteiger partial charge in [0.25, 0.3) is 0 Å². The van der Waals surface area contributed by atoms with Gasteiger partial charge in [-0.15, -0.1) is 0 Å². The molecule has 4 saturated heterocycles. The van der Waals surface area contributed by atoms with E-state index in [0.717, 1.165) is 51.3 Å². The predicted molar refractivity (Wildman–Crippen MR) is 157 cm³/mol. The molecule has 4 atom stereocenters. The first-order valence-electron chi connectivity index (χ1n) is 14.8. The van der Waals surface area contributed by atoms with Crippen molar-refractivity contribution in [1.82, 2.24) is 25.2 Å². The van der Waals surface area contributed by atoms with E-state index in [9.17, 15) is 13.2 Å². The first-order valence-corrected chi connectivity index (χ1v) is 15.2. The Morgan fingerprint density at radius 2 is 1.88 bits per heavy atom. The Hall–Kier alpha value is -2.96. The lowest BCUT2D eigenvalue weighted by atomic mass is 9.92. The van der Waals surface area contributed by atoms with Crippen LogP contribution >= 0.6 is 11.6 Å². The third-order valence-corrected chi connectivity index (χ3v) is 9.88. The van der Waals surface area contributed by atoms with Crippen molar-refractivity contribution >= 4 is 34.1 Å². The van der Waals surface area contributed by atoms with Crippen LogP contribution in [0.1, 0.15) is 50.2 Å². The van der Waals surface area contributed by atoms with Gasteiger partial charge in [0.05, 0.1) is 27.4 Å². The fraction of sp³-hybridized carbons (Fsp3) is 0.567. The Morgan fingerprint density at radius 3 is 2.60 bits per heavy atom. The molecule has 4 aliphatic heterocycles. The lowest BCUT2D eigenvalue weighted by Crippen LogP contribution is -2.51. The molecule has 3 aromatic rings. The molecule has 8 nitrogen and oxygen atoms in total. The highest BCUT2D eigenvalue weighted by atomic mass is 35.5. The molecule has 230 valence electrons. The van der Waals surface area contributed by atoms with Crippen molar-refractivity contribution in [3.63, 3.8) is 0 Å². The molecule has 0 aliphatic carbocycles. The number of ether oxygens (including phenoxy) is 1. The Labute approximate surface area is 251 Å². The molecule has 0 radical (unpaired) electrons. The second-order valence-electron chi connectivity index (χ2n) is 12.8. The summed E-state index contributed by atoms with van der Waals surface area (Å²) < 4.78 is 65.6. The highest BCUT2D eigenvalue weighted by Crippen LogP contribution is 2.45. The number of alkyl halides is 3. The van der Waals surface area contributed by atoms with Crippen LogP contribution in [0.25, 0.3) is 22.2 Å². The molecule has 1 aromatic carbocycles. The van der Waals surface area contributed by atoms with Crippen LogP contribution in [-0.4, -0.2) is 70.3 Å². The monoisotopic (exact) mass is 619 g/mol. The number of pyridine rings is 1. The number of hydrogen-bond donors (Lipinski definition) is 2. The van der Waals surface area contributed by atoms with Crippen LogP contribution in [0.2, 0.25) is 5.02 Å². The van der Waals surface area contributed by atoms with E-state index < -0.39 is 28.8 Å². The molecule has 7 rings (SSSR count). The van der Waals surface area contributed by atoms with Gasteiger partial charge in [-0.2, -0.15) is 23.1 Å². The fourth-order valence-electron chi connectivity index (χ4n) is 7.91. The van der Waals surface area contributed by atoms with E-state index in [-0.39, 0.29) is 45.6 Å². The smallest absolute Gasteiger partial charge is 0.418 e. The Kier molecular flexibility index (Phi) is 6.90. The maximum absolute atomic E-state index is 16.6. The van der Waals surface area contributed by atoms with Crippen molar-refractivity contribution in [3.8, 4) is 17.3 Å². The van der Waals surface area contributed by atoms with E-state index in [1.165, 1.54) is 13.0 Å². The van der Waals surface area contributed by atoms with Crippen LogP contribution in [-0.2, 0) is 6.18 Å². The van der Waals surface area contributed by atoms with Gasteiger partial charge in [-0.1, -0.05) is 18.5 Å². The van der Waals surface area contributed by atoms with E-state index in [1.807, 2.05) is 0 Å². The van der Waals surface area contributed by atoms with Gasteiger partial charge >= 0.3 is 12.2 Å². The first kappa shape index (κ1) is 28.8. The molecule has 43 heavy (non-hydrogen) atoms. The van der Waals surface area contributed by atoms with Gasteiger partial charge in [0.1, 0.15) is 23.8 Å². The predicted octanol–water partition coefficient (Wildman–Crippen LogP) is 5.59. The second-order valence-corrected chi connectivity index (χ2v) is 13.2. The van der Waals surface area contributed by atoms with Crippen LogP contribution in [0.5, 0.6) is 6.01 Å². The van der Waals surface area contributed by atoms with Crippen LogP contribution in [0, 0.1) is 18.7 Å². The summed E-state index contributed by atoms with van der Waals surface area (Å²) >= 11 is 6.60. The number of fused-ring (bicyclic) bond motifs is 4. The second kappa shape index (κ2) is 10.3. The zero-order valence-corrected chi connectivity index (χ0v) is 24.8. The highest BCUT2D eigenvalue weighted by molar-refractivity contribution is 6.34. The molecule has 2 unspecified atom stereocenters. The molecule has 3 N–H and O–H groups in total. The number of anilines is 2. The van der Waals surface area contributed by atoms with Crippen molar-refractivity contribution in [3.05, 3.63) is 34.1 Å². The third-order valence-electron chi connectivity index (χ3n) is 9.59. The Balaban J connectivity index is 1.38. The van der Waals surface area contributed by atoms with Gasteiger partial charge < -0.3 is 20.7 Å². The van der Waals surface area contributed by atoms with Crippen molar-refractivity contribution in [1.29, 1.82) is 0 Å². The molecule has 2 aromatic heterocycles. The first-order chi connectivity index (χ1) is 20.4. The van der Waals surface area contributed by atoms with E-state index in [1.54, 1.807) is 0 Å². The number of halogens is 5. The fourth-order valence-corrected chi connectivity index (χ4v) is 8.19. The maximum Gasteiger partial charge on any atom is 0.418 e. The highest BCUT2D eigenvalue weighted by Gasteiger charge is 2.48. The summed E-state index contributed by atoms with van der Waals surface area (Å²) in [5, 5.41) is 3.66. The molecule has 0 saturated carbocycles. The van der Waals surface area contributed by atoms with E-state index in [4.69, 9.17) is 27.1 Å². The van der Waals surface area contributed by atoms with Crippen LogP contribution in [0.4, 0.5) is 29.2 Å². The minimum Gasteiger partial charge on any atom is -0.461 e. The van der Waals surface area contributed by atoms with Crippen molar-refractivity contribution in [2.24, 2.45) is 5.92 Å². The molecular weight excluding hydrogens is 586 g/mol. The summed E-state index contributed by atoms with van der Waals surface area (Å²) in [5.74, 6) is -0.204. The number of hydrogen-bond acceptors (Lipinski definition) is 8. The summed E-state index contributed by atoms with van der Waals surface area (Å²) in [4.78, 5) is 17.7. The van der Waals surface area contributed by atoms with Crippen LogP contribution in [0.15, 0.2) is 12.1 Å². The lowest BCUT2D eigenvalue weighted by molar-refractivity contribution is -0.137. The summed E-state index contributed by atoms with van der Waals surface area (Å²) in [7, 11) is 0. The molecule has 4 fully saturated rings. The van der Waals surface area contributed by atoms with Gasteiger partial charge in [0.15, 0.2) is 5.82 Å². The minimum absolute atomic E-state index is 0.00547. The topological polar surface area (TPSA) is 92.4 Å². The van der Waals surface area contributed by atoms with E-state index >= 15 is 4.39 Å². The average molecular weight is 620 g/mol. The number of nitrogen functional groups attached to an aromatic ring is 1. The van der Waals surface area contributed by atoms with Crippen LogP contribution in [0.3, 0.4) is 0 Å². The number of benzene rings is 1. The minimum atomic E-state index is -4.82. The SMILES string of the molecule is Cc1cc(N)nc(-c2c(Cl)cc3c(N4CC5CCC(C4)N5)nc(OC[C@@]45CCCN4C[C@H](C)C5)nc3c2F)c1C(F)(F)F. The maximum atomic E-state index is 16.6. The molecule has 13 heteroatoms. The number of aromatic nitrogens is 3. The summed E-state index contributed by atoms with van der Waals surface area (Å²) in [6.07, 6.45) is 0.278. The van der Waals surface area contributed by atoms with Gasteiger partial charge in [-0.3, -0.25) is 4.90 Å². The molecule has 6 heterocycles. The van der Waals surface area contributed by atoms with Crippen molar-refractivity contribution < 1.29 is 22.3 Å². The largest absolute Gasteiger partial charge is 0.461 e. The molecule has 0 spiro atoms. The zero-order chi connectivity index (χ0) is 30.3. The van der Waals surface area contributed by atoms with E-state index in [2.05, 4.69) is 32.0 Å². The normalized spacial score (nSPS) is 27.3. The molecule has 0 amide bonds. The standard InChI is InChI=1S/C30H34ClF4N7O/c1-15-10-29(6-3-7-42(29)11-15)14-43-28-39-25-19(27(40-28)41-12-17-4-5-18(13-41)37-17)9-20(31)22(24(25)32)26-23(30(33,34)35)16(2)8-21(36)38-26/h8-9,15,17-18,37H,3-7,10-14H2,1-2H3,(H2,36,38)/t15-,17?,18?,29+/m1/s1. The number of nitrogens with one attached hydrogen (secondary N) is 1. The van der Waals surface area contributed by atoms with Gasteiger partial charge in [-0.25, -0.2) is 9.37 Å². The summed E-state index contributed by atoms with van der Waals surface area (Å²) in [6, 6.07) is 3.06. The zero-order valence-electron chi connectivity index (χ0n) is 24.1. The number of piperazine rings is 1. The number of aryl methyl sites for hydroxylation is 1. The quantitative estimate of drug-likeness (QED) is 0.357. The average Bonchev–Trinajstić information content (AvgIpc) is 3.56. The van der Waals surface area contributed by atoms with E-state index in [0.29, 0.717) is 36.8 Å². The van der Waals surface area contributed by atoms with Gasteiger partial charge in [-0.05, 0) is 69.2 Å². The lowest BCUT2D eigenvalue weighted by Gasteiger charge is -2.35. The summed E-state index contributed by atoms with van der Waals surface area (Å²) in [5.41, 5.74) is 3.11. The number of nitrogens with zero attached hydrogens (tertiary/aromatic N) is 5. The third kappa shape index (κ3) is 4.95. The number of rotatable bonds is 5. The Bertz CT molecular complexity index is 1590. The van der Waals surface area contributed by atoms with Gasteiger partial charge in [0.2, 0.25) is 0 Å². The van der Waals surface area contributed by atoms with Gasteiger partial charge in [0, 0.05) is 37.1 Å².